The minimum absolute atomic E-state index is 0.113. The Hall–Kier alpha value is -2.09. The van der Waals surface area contributed by atoms with E-state index >= 15 is 0 Å². The summed E-state index contributed by atoms with van der Waals surface area (Å²) >= 11 is 0. The lowest BCUT2D eigenvalue weighted by molar-refractivity contribution is 0.0379. The molecule has 2 nitrogen and oxygen atoms in total. The molecule has 0 saturated heterocycles. The molecular formula is C17H18O2. The maximum Gasteiger partial charge on any atom is 0.339 e. The standard InChI is InChI=1S/C17H18O2/c1-12(2)19-17(18)16-11-7-6-10-15(16)14-9-5-4-8-13(14)3/h4-12H,1-3H3. The SMILES string of the molecule is Cc1ccccc1-c1ccccc1C(=O)OC(C)C. The zero-order valence-electron chi connectivity index (χ0n) is 11.5. The molecule has 19 heavy (non-hydrogen) atoms. The van der Waals surface area contributed by atoms with Crippen LogP contribution in [-0.4, -0.2) is 12.1 Å². The molecule has 0 atom stereocenters. The van der Waals surface area contributed by atoms with E-state index in [4.69, 9.17) is 4.74 Å². The molecule has 0 aliphatic carbocycles. The third-order valence-corrected chi connectivity index (χ3v) is 2.92. The van der Waals surface area contributed by atoms with Crippen LogP contribution in [0.1, 0.15) is 29.8 Å². The van der Waals surface area contributed by atoms with Gasteiger partial charge in [-0.25, -0.2) is 4.79 Å². The average molecular weight is 254 g/mol. The van der Waals surface area contributed by atoms with Gasteiger partial charge in [-0.3, -0.25) is 0 Å². The van der Waals surface area contributed by atoms with E-state index < -0.39 is 0 Å². The summed E-state index contributed by atoms with van der Waals surface area (Å²) in [6, 6.07) is 15.6. The summed E-state index contributed by atoms with van der Waals surface area (Å²) in [6.45, 7) is 5.75. The highest BCUT2D eigenvalue weighted by Gasteiger charge is 2.15. The monoisotopic (exact) mass is 254 g/mol. The zero-order valence-corrected chi connectivity index (χ0v) is 11.5. The average Bonchev–Trinajstić information content (AvgIpc) is 2.38. The molecule has 0 saturated carbocycles. The molecule has 0 aliphatic heterocycles. The second-order valence-corrected chi connectivity index (χ2v) is 4.81. The van der Waals surface area contributed by atoms with Gasteiger partial charge in [0.25, 0.3) is 0 Å². The van der Waals surface area contributed by atoms with Crippen molar-refractivity contribution in [3.05, 3.63) is 59.7 Å². The van der Waals surface area contributed by atoms with E-state index in [1.54, 1.807) is 0 Å². The number of aryl methyl sites for hydroxylation is 1. The van der Waals surface area contributed by atoms with Crippen LogP contribution >= 0.6 is 0 Å². The topological polar surface area (TPSA) is 26.3 Å². The van der Waals surface area contributed by atoms with Crippen molar-refractivity contribution < 1.29 is 9.53 Å². The highest BCUT2D eigenvalue weighted by molar-refractivity contribution is 5.97. The van der Waals surface area contributed by atoms with Crippen molar-refractivity contribution in [1.82, 2.24) is 0 Å². The van der Waals surface area contributed by atoms with Crippen LogP contribution in [0, 0.1) is 6.92 Å². The van der Waals surface area contributed by atoms with E-state index in [0.717, 1.165) is 16.7 Å². The highest BCUT2D eigenvalue weighted by atomic mass is 16.5. The first-order chi connectivity index (χ1) is 9.09. The highest BCUT2D eigenvalue weighted by Crippen LogP contribution is 2.27. The number of ether oxygens (including phenoxy) is 1. The lowest BCUT2D eigenvalue weighted by Gasteiger charge is -2.13. The van der Waals surface area contributed by atoms with Gasteiger partial charge in [0.1, 0.15) is 0 Å². The number of carbonyl (C=O) groups is 1. The van der Waals surface area contributed by atoms with Gasteiger partial charge in [0.05, 0.1) is 11.7 Å². The van der Waals surface area contributed by atoms with Crippen molar-refractivity contribution in [3.8, 4) is 11.1 Å². The number of rotatable bonds is 3. The van der Waals surface area contributed by atoms with Gasteiger partial charge >= 0.3 is 5.97 Å². The molecule has 0 spiro atoms. The van der Waals surface area contributed by atoms with Crippen molar-refractivity contribution in [3.63, 3.8) is 0 Å². The third-order valence-electron chi connectivity index (χ3n) is 2.92. The first-order valence-electron chi connectivity index (χ1n) is 6.45. The summed E-state index contributed by atoms with van der Waals surface area (Å²) < 4.78 is 5.30. The van der Waals surface area contributed by atoms with E-state index in [9.17, 15) is 4.79 Å². The van der Waals surface area contributed by atoms with Crippen LogP contribution in [0.25, 0.3) is 11.1 Å². The Bertz CT molecular complexity index is 585. The maximum absolute atomic E-state index is 12.1. The molecule has 0 aliphatic rings. The first kappa shape index (κ1) is 13.3. The van der Waals surface area contributed by atoms with Gasteiger partial charge in [0.2, 0.25) is 0 Å². The lowest BCUT2D eigenvalue weighted by atomic mass is 9.96. The quantitative estimate of drug-likeness (QED) is 0.766. The van der Waals surface area contributed by atoms with Crippen LogP contribution in [-0.2, 0) is 4.74 Å². The Morgan fingerprint density at radius 2 is 1.53 bits per heavy atom. The second-order valence-electron chi connectivity index (χ2n) is 4.81. The van der Waals surface area contributed by atoms with Crippen molar-refractivity contribution in [2.24, 2.45) is 0 Å². The summed E-state index contributed by atoms with van der Waals surface area (Å²) in [6.07, 6.45) is -0.113. The van der Waals surface area contributed by atoms with Gasteiger partial charge in [-0.1, -0.05) is 42.5 Å². The zero-order chi connectivity index (χ0) is 13.8. The number of esters is 1. The first-order valence-corrected chi connectivity index (χ1v) is 6.45. The Balaban J connectivity index is 2.48. The van der Waals surface area contributed by atoms with Crippen molar-refractivity contribution in [1.29, 1.82) is 0 Å². The molecule has 0 aromatic heterocycles. The molecule has 0 bridgehead atoms. The van der Waals surface area contributed by atoms with Crippen LogP contribution < -0.4 is 0 Å². The van der Waals surface area contributed by atoms with Crippen LogP contribution in [0.4, 0.5) is 0 Å². The third kappa shape index (κ3) is 3.02. The van der Waals surface area contributed by atoms with E-state index in [1.807, 2.05) is 69.3 Å². The van der Waals surface area contributed by atoms with Crippen LogP contribution in [0.5, 0.6) is 0 Å². The molecule has 2 aromatic carbocycles. The predicted octanol–water partition coefficient (Wildman–Crippen LogP) is 4.23. The molecule has 0 amide bonds. The molecule has 2 aromatic rings. The Morgan fingerprint density at radius 3 is 2.16 bits per heavy atom. The van der Waals surface area contributed by atoms with Crippen LogP contribution in [0.15, 0.2) is 48.5 Å². The van der Waals surface area contributed by atoms with Gasteiger partial charge < -0.3 is 4.74 Å². The van der Waals surface area contributed by atoms with Gasteiger partial charge in [0, 0.05) is 0 Å². The molecule has 0 radical (unpaired) electrons. The molecule has 2 heteroatoms. The van der Waals surface area contributed by atoms with Crippen molar-refractivity contribution in [2.45, 2.75) is 26.9 Å². The fourth-order valence-electron chi connectivity index (χ4n) is 2.05. The largest absolute Gasteiger partial charge is 0.459 e. The molecule has 2 rings (SSSR count). The summed E-state index contributed by atoms with van der Waals surface area (Å²) in [4.78, 5) is 12.1. The van der Waals surface area contributed by atoms with Crippen LogP contribution in [0.2, 0.25) is 0 Å². The Kier molecular flexibility index (Phi) is 4.00. The summed E-state index contributed by atoms with van der Waals surface area (Å²) in [7, 11) is 0. The summed E-state index contributed by atoms with van der Waals surface area (Å²) in [5, 5.41) is 0. The molecule has 0 fully saturated rings. The van der Waals surface area contributed by atoms with E-state index in [1.165, 1.54) is 0 Å². The Morgan fingerprint density at radius 1 is 0.947 bits per heavy atom. The fourth-order valence-corrected chi connectivity index (χ4v) is 2.05. The van der Waals surface area contributed by atoms with E-state index in [0.29, 0.717) is 5.56 Å². The number of hydrogen-bond donors (Lipinski definition) is 0. The Labute approximate surface area is 114 Å². The van der Waals surface area contributed by atoms with Crippen molar-refractivity contribution >= 4 is 5.97 Å². The van der Waals surface area contributed by atoms with Crippen LogP contribution in [0.3, 0.4) is 0 Å². The molecule has 98 valence electrons. The minimum atomic E-state index is -0.270. The summed E-state index contributed by atoms with van der Waals surface area (Å²) in [5.74, 6) is -0.270. The van der Waals surface area contributed by atoms with E-state index in [-0.39, 0.29) is 12.1 Å². The maximum atomic E-state index is 12.1. The van der Waals surface area contributed by atoms with Crippen molar-refractivity contribution in [2.75, 3.05) is 0 Å². The lowest BCUT2D eigenvalue weighted by Crippen LogP contribution is -2.12. The molecular weight excluding hydrogens is 236 g/mol. The molecule has 0 N–H and O–H groups in total. The van der Waals surface area contributed by atoms with Gasteiger partial charge in [0.15, 0.2) is 0 Å². The predicted molar refractivity (Wildman–Crippen MR) is 77.2 cm³/mol. The van der Waals surface area contributed by atoms with Gasteiger partial charge in [-0.05, 0) is 43.5 Å². The number of carbonyl (C=O) groups excluding carboxylic acids is 1. The minimum Gasteiger partial charge on any atom is -0.459 e. The molecule has 0 unspecified atom stereocenters. The van der Waals surface area contributed by atoms with Gasteiger partial charge in [-0.2, -0.15) is 0 Å². The molecule has 0 heterocycles. The normalized spacial score (nSPS) is 10.5. The second kappa shape index (κ2) is 5.70. The smallest absolute Gasteiger partial charge is 0.339 e. The number of hydrogen-bond acceptors (Lipinski definition) is 2. The summed E-state index contributed by atoms with van der Waals surface area (Å²) in [5.41, 5.74) is 3.75. The number of benzene rings is 2. The van der Waals surface area contributed by atoms with E-state index in [2.05, 4.69) is 0 Å². The van der Waals surface area contributed by atoms with Gasteiger partial charge in [-0.15, -0.1) is 0 Å². The fraction of sp³-hybridized carbons (Fsp3) is 0.235.